The molecule has 56 valence electrons. The molecule has 1 nitrogen and oxygen atoms in total. The van der Waals surface area contributed by atoms with E-state index in [4.69, 9.17) is 29.6 Å². The zero-order chi connectivity index (χ0) is 7.41. The van der Waals surface area contributed by atoms with Gasteiger partial charge >= 0.3 is 0 Å². The van der Waals surface area contributed by atoms with Gasteiger partial charge < -0.3 is 5.11 Å². The number of alkyl halides is 2. The summed E-state index contributed by atoms with van der Waals surface area (Å²) in [7, 11) is 1.33. The molecule has 0 saturated carbocycles. The summed E-state index contributed by atoms with van der Waals surface area (Å²) in [6.07, 6.45) is 0. The third-order valence-electron chi connectivity index (χ3n) is 0. The fourth-order valence-electron chi connectivity index (χ4n) is 0. The molecule has 0 heterocycles. The van der Waals surface area contributed by atoms with Crippen LogP contribution >= 0.6 is 44.8 Å². The van der Waals surface area contributed by atoms with Gasteiger partial charge in [0.05, 0.1) is 6.62 Å². The van der Waals surface area contributed by atoms with Crippen LogP contribution in [0.5, 0.6) is 0 Å². The predicted molar refractivity (Wildman–Crippen MR) is 47.6 cm³/mol. The van der Waals surface area contributed by atoms with Crippen molar-refractivity contribution in [2.24, 2.45) is 0 Å². The first-order valence-corrected chi connectivity index (χ1v) is 3.55. The second-order valence-corrected chi connectivity index (χ2v) is 0.909. The van der Waals surface area contributed by atoms with Crippen molar-refractivity contribution in [2.45, 2.75) is 0 Å². The van der Waals surface area contributed by atoms with E-state index in [2.05, 4.69) is 0 Å². The fourth-order valence-corrected chi connectivity index (χ4v) is 0. The lowest BCUT2D eigenvalue weighted by molar-refractivity contribution is 0.399. The number of aliphatic hydroxyl groups is 1. The Balaban J connectivity index is -0.0000000202. The summed E-state index contributed by atoms with van der Waals surface area (Å²) in [6, 6.07) is 0. The number of hydrogen-bond donors (Lipinski definition) is 1. The van der Waals surface area contributed by atoms with Crippen LogP contribution in [-0.4, -0.2) is 25.5 Å². The van der Waals surface area contributed by atoms with Gasteiger partial charge in [0.1, 0.15) is 0 Å². The smallest absolute Gasteiger partial charge is 0.0967 e. The summed E-state index contributed by atoms with van der Waals surface area (Å²) < 4.78 is 6.24. The molecule has 0 aliphatic heterocycles. The van der Waals surface area contributed by atoms with Crippen molar-refractivity contribution in [2.75, 3.05) is 19.1 Å². The highest BCUT2D eigenvalue weighted by molar-refractivity contribution is 7.15. The van der Waals surface area contributed by atoms with Crippen LogP contribution < -0.4 is 0 Å². The Kier molecular flexibility index (Phi) is 172. The number of halogens is 3. The van der Waals surface area contributed by atoms with Gasteiger partial charge in [0, 0.05) is 7.11 Å². The molecule has 0 aromatic heterocycles. The quantitative estimate of drug-likeness (QED) is 0.470. The van der Waals surface area contributed by atoms with Crippen LogP contribution in [0.1, 0.15) is 0 Å². The van der Waals surface area contributed by atoms with Gasteiger partial charge in [0.25, 0.3) is 0 Å². The average molecular weight is 202 g/mol. The van der Waals surface area contributed by atoms with Gasteiger partial charge in [0.15, 0.2) is 0 Å². The topological polar surface area (TPSA) is 20.2 Å². The van der Waals surface area contributed by atoms with Gasteiger partial charge in [-0.15, -0.1) is 44.8 Å². The first-order valence-electron chi connectivity index (χ1n) is 1.98. The van der Waals surface area contributed by atoms with Crippen LogP contribution in [0, 0.1) is 0 Å². The molecular formula is C3H12Cl3OP. The normalized spacial score (nSPS) is 6.88. The highest BCUT2D eigenvalue weighted by Crippen LogP contribution is 1.73. The molecule has 0 aliphatic carbocycles. The summed E-state index contributed by atoms with van der Waals surface area (Å²) in [5.74, 6) is 0. The molecule has 0 bridgehead atoms. The Hall–Kier alpha value is 1.26. The molecule has 1 atom stereocenters. The van der Waals surface area contributed by atoms with Crippen molar-refractivity contribution in [3.05, 3.63) is 0 Å². The summed E-state index contributed by atoms with van der Waals surface area (Å²) in [6.45, 7) is 1.82. The highest BCUT2D eigenvalue weighted by atomic mass is 35.5. The molecular weight excluding hydrogens is 189 g/mol. The number of aliphatic hydroxyl groups excluding tert-OH is 1. The highest BCUT2D eigenvalue weighted by Gasteiger charge is 1.41. The SMILES string of the molecule is CO.Cl.ClCCl.[2H]PC. The van der Waals surface area contributed by atoms with E-state index in [1.165, 1.54) is 0 Å². The second-order valence-electron chi connectivity index (χ2n) is 0.101. The molecule has 0 fully saturated rings. The van der Waals surface area contributed by atoms with Gasteiger partial charge in [-0.3, -0.25) is 0 Å². The molecule has 1 N–H and O–H groups in total. The van der Waals surface area contributed by atoms with Gasteiger partial charge in [-0.05, 0) is 0 Å². The minimum absolute atomic E-state index is 0. The van der Waals surface area contributed by atoms with E-state index in [0.717, 1.165) is 7.11 Å². The van der Waals surface area contributed by atoms with Crippen molar-refractivity contribution < 1.29 is 5.11 Å². The summed E-state index contributed by atoms with van der Waals surface area (Å²) in [5, 5.41) is 7.19. The van der Waals surface area contributed by atoms with Crippen molar-refractivity contribution in [1.29, 1.82) is 1.28 Å². The molecule has 0 spiro atoms. The van der Waals surface area contributed by atoms with Crippen LogP contribution in [0.2, 0.25) is 0 Å². The van der Waals surface area contributed by atoms with E-state index in [1.807, 2.05) is 6.66 Å². The van der Waals surface area contributed by atoms with E-state index in [9.17, 15) is 0 Å². The van der Waals surface area contributed by atoms with Gasteiger partial charge in [-0.25, -0.2) is 0 Å². The van der Waals surface area contributed by atoms with E-state index in [0.29, 0.717) is 9.18 Å². The molecule has 0 radical (unpaired) electrons. The van der Waals surface area contributed by atoms with E-state index < -0.39 is 0 Å². The molecule has 5 heteroatoms. The molecule has 8 heavy (non-hydrogen) atoms. The Bertz CT molecular complexity index is 21.0. The van der Waals surface area contributed by atoms with Crippen LogP contribution in [0.4, 0.5) is 0 Å². The third-order valence-corrected chi connectivity index (χ3v) is 0. The molecule has 0 aromatic carbocycles. The Morgan fingerprint density at radius 1 is 1.62 bits per heavy atom. The molecule has 0 aliphatic rings. The summed E-state index contributed by atoms with van der Waals surface area (Å²) >= 11 is 9.53. The van der Waals surface area contributed by atoms with Crippen LogP contribution in [0.3, 0.4) is 0 Å². The monoisotopic (exact) mass is 201 g/mol. The Labute approximate surface area is 70.6 Å². The van der Waals surface area contributed by atoms with Gasteiger partial charge in [-0.2, -0.15) is 0 Å². The van der Waals surface area contributed by atoms with Crippen molar-refractivity contribution in [1.82, 2.24) is 0 Å². The van der Waals surface area contributed by atoms with Crippen molar-refractivity contribution in [3.63, 3.8) is 0 Å². The predicted octanol–water partition coefficient (Wildman–Crippen LogP) is 1.94. The first kappa shape index (κ1) is 16.1. The summed E-state index contributed by atoms with van der Waals surface area (Å²) in [4.78, 5) is 0. The molecule has 1 unspecified atom stereocenters. The lowest BCUT2D eigenvalue weighted by Crippen LogP contribution is -1.25. The first-order chi connectivity index (χ1) is 3.83. The Morgan fingerprint density at radius 3 is 1.62 bits per heavy atom. The maximum atomic E-state index is 7.00. The third kappa shape index (κ3) is 179. The van der Waals surface area contributed by atoms with Gasteiger partial charge in [0.2, 0.25) is 0 Å². The zero-order valence-electron chi connectivity index (χ0n) is 5.82. The van der Waals surface area contributed by atoms with E-state index in [-0.39, 0.29) is 17.7 Å². The van der Waals surface area contributed by atoms with Crippen LogP contribution in [0.25, 0.3) is 0 Å². The lowest BCUT2D eigenvalue weighted by atomic mass is 11.8. The summed E-state index contributed by atoms with van der Waals surface area (Å²) in [5.41, 5.74) is 0. The minimum Gasteiger partial charge on any atom is -0.400 e. The second kappa shape index (κ2) is 85.2. The van der Waals surface area contributed by atoms with E-state index >= 15 is 0 Å². The minimum atomic E-state index is 0. The van der Waals surface area contributed by atoms with Gasteiger partial charge in [-0.1, -0.05) is 6.66 Å². The number of hydrogen-bond acceptors (Lipinski definition) is 1. The largest absolute Gasteiger partial charge is 0.400 e. The van der Waals surface area contributed by atoms with Crippen LogP contribution in [-0.2, 0) is 0 Å². The number of rotatable bonds is 0. The molecule has 0 amide bonds. The molecule has 0 saturated heterocycles. The Morgan fingerprint density at radius 2 is 1.62 bits per heavy atom. The lowest BCUT2D eigenvalue weighted by Gasteiger charge is -1.42. The molecule has 0 aromatic rings. The van der Waals surface area contributed by atoms with Crippen LogP contribution in [0.15, 0.2) is 0 Å². The zero-order valence-corrected chi connectivity index (χ0v) is 8.15. The fraction of sp³-hybridized carbons (Fsp3) is 1.00. The van der Waals surface area contributed by atoms with E-state index in [1.54, 1.807) is 0 Å². The van der Waals surface area contributed by atoms with Crippen molar-refractivity contribution in [3.8, 4) is 0 Å². The maximum absolute atomic E-state index is 7.00. The standard InChI is InChI=1S/CH2Cl2.CH4O.CH5P.ClH/c2-1-3;2*1-2;/h1H2;2H,1H3;2H2,1H3;1H/i;;2D;. The molecule has 0 rings (SSSR count). The average Bonchev–Trinajstić information content (AvgIpc) is 1.75. The maximum Gasteiger partial charge on any atom is 0.0967 e. The van der Waals surface area contributed by atoms with Crippen molar-refractivity contribution >= 4 is 44.8 Å².